The van der Waals surface area contributed by atoms with E-state index in [0.717, 1.165) is 6.42 Å². The molecule has 0 radical (unpaired) electrons. The Morgan fingerprint density at radius 3 is 2.71 bits per heavy atom. The molecular formula is C13H16N2O2. The van der Waals surface area contributed by atoms with Crippen LogP contribution in [-0.4, -0.2) is 15.2 Å². The summed E-state index contributed by atoms with van der Waals surface area (Å²) in [7, 11) is 0. The average Bonchev–Trinajstić information content (AvgIpc) is 2.77. The maximum absolute atomic E-state index is 9.28. The molecule has 0 saturated carbocycles. The van der Waals surface area contributed by atoms with E-state index in [9.17, 15) is 5.11 Å². The summed E-state index contributed by atoms with van der Waals surface area (Å²) in [6.07, 6.45) is 0.893. The van der Waals surface area contributed by atoms with Gasteiger partial charge in [0.15, 0.2) is 5.82 Å². The highest BCUT2D eigenvalue weighted by Gasteiger charge is 2.10. The Labute approximate surface area is 100 Å². The predicted molar refractivity (Wildman–Crippen MR) is 63.5 cm³/mol. The van der Waals surface area contributed by atoms with Crippen LogP contribution in [0.25, 0.3) is 0 Å². The first-order chi connectivity index (χ1) is 8.16. The molecule has 0 fully saturated rings. The Balaban J connectivity index is 2.00. The first kappa shape index (κ1) is 11.8. The normalized spacial score (nSPS) is 12.6. The third-order valence-electron chi connectivity index (χ3n) is 2.73. The second-order valence-electron chi connectivity index (χ2n) is 4.15. The molecule has 4 nitrogen and oxygen atoms in total. The van der Waals surface area contributed by atoms with Crippen molar-refractivity contribution in [2.24, 2.45) is 0 Å². The molecule has 1 unspecified atom stereocenters. The topological polar surface area (TPSA) is 59.2 Å². The van der Waals surface area contributed by atoms with Crippen molar-refractivity contribution in [3.63, 3.8) is 0 Å². The predicted octanol–water partition coefficient (Wildman–Crippen LogP) is 2.22. The van der Waals surface area contributed by atoms with E-state index in [0.29, 0.717) is 18.1 Å². The molecular weight excluding hydrogens is 216 g/mol. The van der Waals surface area contributed by atoms with E-state index >= 15 is 0 Å². The van der Waals surface area contributed by atoms with Gasteiger partial charge in [0.1, 0.15) is 6.10 Å². The number of aliphatic hydroxyl groups excluding tert-OH is 1. The molecule has 2 aromatic rings. The number of benzene rings is 1. The third kappa shape index (κ3) is 2.91. The first-order valence-corrected chi connectivity index (χ1v) is 5.72. The van der Waals surface area contributed by atoms with Gasteiger partial charge in [0.2, 0.25) is 5.89 Å². The summed E-state index contributed by atoms with van der Waals surface area (Å²) in [6.45, 7) is 3.71. The third-order valence-corrected chi connectivity index (χ3v) is 2.73. The van der Waals surface area contributed by atoms with Crippen LogP contribution in [0.3, 0.4) is 0 Å². The van der Waals surface area contributed by atoms with Crippen molar-refractivity contribution in [3.05, 3.63) is 47.1 Å². The number of hydrogen-bond donors (Lipinski definition) is 1. The molecule has 1 aromatic carbocycles. The zero-order valence-corrected chi connectivity index (χ0v) is 10.1. The second-order valence-corrected chi connectivity index (χ2v) is 4.15. The highest BCUT2D eigenvalue weighted by molar-refractivity contribution is 5.25. The van der Waals surface area contributed by atoms with Gasteiger partial charge in [-0.25, -0.2) is 0 Å². The number of aryl methyl sites for hydroxylation is 3. The standard InChI is InChI=1S/C13H16N2O2/c1-9-5-3-4-6-11(9)7-8-12-14-13(10(2)16)15-17-12/h3-6,10,16H,7-8H2,1-2H3. The van der Waals surface area contributed by atoms with Crippen molar-refractivity contribution in [3.8, 4) is 0 Å². The summed E-state index contributed by atoms with van der Waals surface area (Å²) in [4.78, 5) is 4.13. The van der Waals surface area contributed by atoms with E-state index in [4.69, 9.17) is 4.52 Å². The molecule has 0 aliphatic rings. The van der Waals surface area contributed by atoms with Gasteiger partial charge < -0.3 is 9.63 Å². The van der Waals surface area contributed by atoms with Crippen molar-refractivity contribution in [2.45, 2.75) is 32.8 Å². The molecule has 0 aliphatic heterocycles. The molecule has 0 spiro atoms. The Hall–Kier alpha value is -1.68. The maximum Gasteiger partial charge on any atom is 0.227 e. The van der Waals surface area contributed by atoms with Crippen LogP contribution in [0.4, 0.5) is 0 Å². The molecule has 90 valence electrons. The van der Waals surface area contributed by atoms with Gasteiger partial charge in [-0.3, -0.25) is 0 Å². The molecule has 4 heteroatoms. The molecule has 0 saturated heterocycles. The van der Waals surface area contributed by atoms with Gasteiger partial charge in [-0.1, -0.05) is 29.4 Å². The van der Waals surface area contributed by atoms with E-state index in [2.05, 4.69) is 29.2 Å². The minimum atomic E-state index is -0.675. The Kier molecular flexibility index (Phi) is 3.54. The fourth-order valence-electron chi connectivity index (χ4n) is 1.67. The van der Waals surface area contributed by atoms with Gasteiger partial charge in [0, 0.05) is 6.42 Å². The Morgan fingerprint density at radius 1 is 1.29 bits per heavy atom. The van der Waals surface area contributed by atoms with E-state index < -0.39 is 6.10 Å². The molecule has 17 heavy (non-hydrogen) atoms. The fraction of sp³-hybridized carbons (Fsp3) is 0.385. The van der Waals surface area contributed by atoms with Gasteiger partial charge >= 0.3 is 0 Å². The van der Waals surface area contributed by atoms with Gasteiger partial charge in [-0.05, 0) is 31.4 Å². The van der Waals surface area contributed by atoms with Crippen LogP contribution >= 0.6 is 0 Å². The quantitative estimate of drug-likeness (QED) is 0.878. The minimum Gasteiger partial charge on any atom is -0.385 e. The van der Waals surface area contributed by atoms with E-state index in [1.165, 1.54) is 11.1 Å². The van der Waals surface area contributed by atoms with Gasteiger partial charge in [0.25, 0.3) is 0 Å². The lowest BCUT2D eigenvalue weighted by Crippen LogP contribution is -1.96. The molecule has 0 aliphatic carbocycles. The highest BCUT2D eigenvalue weighted by Crippen LogP contribution is 2.12. The summed E-state index contributed by atoms with van der Waals surface area (Å²) in [5.74, 6) is 0.925. The minimum absolute atomic E-state index is 0.352. The molecule has 1 N–H and O–H groups in total. The van der Waals surface area contributed by atoms with Crippen molar-refractivity contribution in [1.82, 2.24) is 10.1 Å². The molecule has 1 atom stereocenters. The zero-order chi connectivity index (χ0) is 12.3. The van der Waals surface area contributed by atoms with Crippen LogP contribution in [0.15, 0.2) is 28.8 Å². The molecule has 0 amide bonds. The number of hydrogen-bond acceptors (Lipinski definition) is 4. The maximum atomic E-state index is 9.28. The van der Waals surface area contributed by atoms with Crippen molar-refractivity contribution < 1.29 is 9.63 Å². The molecule has 0 bridgehead atoms. The lowest BCUT2D eigenvalue weighted by atomic mass is 10.0. The molecule has 1 heterocycles. The van der Waals surface area contributed by atoms with Crippen molar-refractivity contribution in [2.75, 3.05) is 0 Å². The van der Waals surface area contributed by atoms with Crippen LogP contribution in [0.5, 0.6) is 0 Å². The monoisotopic (exact) mass is 232 g/mol. The van der Waals surface area contributed by atoms with Gasteiger partial charge in [-0.2, -0.15) is 4.98 Å². The highest BCUT2D eigenvalue weighted by atomic mass is 16.5. The number of aliphatic hydroxyl groups is 1. The Morgan fingerprint density at radius 2 is 2.06 bits per heavy atom. The van der Waals surface area contributed by atoms with E-state index in [-0.39, 0.29) is 0 Å². The summed E-state index contributed by atoms with van der Waals surface area (Å²) >= 11 is 0. The van der Waals surface area contributed by atoms with E-state index in [1.54, 1.807) is 6.92 Å². The van der Waals surface area contributed by atoms with E-state index in [1.807, 2.05) is 12.1 Å². The van der Waals surface area contributed by atoms with Crippen LogP contribution in [-0.2, 0) is 12.8 Å². The average molecular weight is 232 g/mol. The van der Waals surface area contributed by atoms with Crippen LogP contribution in [0.2, 0.25) is 0 Å². The van der Waals surface area contributed by atoms with Crippen LogP contribution < -0.4 is 0 Å². The summed E-state index contributed by atoms with van der Waals surface area (Å²) < 4.78 is 5.07. The lowest BCUT2D eigenvalue weighted by Gasteiger charge is -2.02. The van der Waals surface area contributed by atoms with Gasteiger partial charge in [-0.15, -0.1) is 0 Å². The Bertz CT molecular complexity index is 492. The first-order valence-electron chi connectivity index (χ1n) is 5.72. The number of rotatable bonds is 4. The molecule has 1 aromatic heterocycles. The smallest absolute Gasteiger partial charge is 0.227 e. The fourth-order valence-corrected chi connectivity index (χ4v) is 1.67. The van der Waals surface area contributed by atoms with Crippen LogP contribution in [0, 0.1) is 6.92 Å². The largest absolute Gasteiger partial charge is 0.385 e. The van der Waals surface area contributed by atoms with Gasteiger partial charge in [0.05, 0.1) is 0 Å². The molecule has 2 rings (SSSR count). The van der Waals surface area contributed by atoms with Crippen molar-refractivity contribution in [1.29, 1.82) is 0 Å². The lowest BCUT2D eigenvalue weighted by molar-refractivity contribution is 0.184. The summed E-state index contributed by atoms with van der Waals surface area (Å²) in [5, 5.41) is 13.0. The van der Waals surface area contributed by atoms with Crippen molar-refractivity contribution >= 4 is 0 Å². The zero-order valence-electron chi connectivity index (χ0n) is 10.1. The SMILES string of the molecule is Cc1ccccc1CCc1nc(C(C)O)no1. The number of aromatic nitrogens is 2. The summed E-state index contributed by atoms with van der Waals surface area (Å²) in [5.41, 5.74) is 2.55. The summed E-state index contributed by atoms with van der Waals surface area (Å²) in [6, 6.07) is 8.24. The van der Waals surface area contributed by atoms with Crippen LogP contribution in [0.1, 0.15) is 35.9 Å². The second kappa shape index (κ2) is 5.10. The number of nitrogens with zero attached hydrogens (tertiary/aromatic N) is 2.